The van der Waals surface area contributed by atoms with Gasteiger partial charge in [-0.25, -0.2) is 0 Å². The lowest BCUT2D eigenvalue weighted by atomic mass is 10.1. The fraction of sp³-hybridized carbons (Fsp3) is 0.923. The molecule has 0 aromatic rings. The maximum atomic E-state index is 5.81. The molecule has 0 N–H and O–H groups in total. The van der Waals surface area contributed by atoms with E-state index in [4.69, 9.17) is 13.3 Å². The Morgan fingerprint density at radius 1 is 0.824 bits per heavy atom. The minimum atomic E-state index is -2.38. The fourth-order valence-electron chi connectivity index (χ4n) is 1.82. The predicted molar refractivity (Wildman–Crippen MR) is 73.9 cm³/mol. The zero-order chi connectivity index (χ0) is 13.1. The maximum absolute atomic E-state index is 5.81. The van der Waals surface area contributed by atoms with Gasteiger partial charge in [0.25, 0.3) is 0 Å². The average Bonchev–Trinajstić information content (AvgIpc) is 2.25. The molecule has 0 spiro atoms. The second-order valence-corrected chi connectivity index (χ2v) is 7.13. The summed E-state index contributed by atoms with van der Waals surface area (Å²) in [4.78, 5) is 0. The van der Waals surface area contributed by atoms with Crippen molar-refractivity contribution in [3.63, 3.8) is 0 Å². The lowest BCUT2D eigenvalue weighted by molar-refractivity contribution is 0.0706. The maximum Gasteiger partial charge on any atom is 0.500 e. The van der Waals surface area contributed by atoms with E-state index in [-0.39, 0.29) is 0 Å². The van der Waals surface area contributed by atoms with Crippen LogP contribution in [-0.2, 0) is 13.3 Å². The van der Waals surface area contributed by atoms with Crippen LogP contribution in [0.1, 0.15) is 53.9 Å². The Bertz CT molecular complexity index is 157. The zero-order valence-corrected chi connectivity index (χ0v) is 13.2. The van der Waals surface area contributed by atoms with Crippen LogP contribution in [0.5, 0.6) is 0 Å². The van der Waals surface area contributed by atoms with Gasteiger partial charge in [0.05, 0.1) is 0 Å². The lowest BCUT2D eigenvalue weighted by Crippen LogP contribution is -2.45. The summed E-state index contributed by atoms with van der Waals surface area (Å²) in [5.74, 6) is 1.49. The summed E-state index contributed by atoms with van der Waals surface area (Å²) in [6.07, 6.45) is 3.51. The van der Waals surface area contributed by atoms with Gasteiger partial charge in [0, 0.05) is 25.9 Å². The van der Waals surface area contributed by atoms with Gasteiger partial charge in [-0.05, 0) is 39.5 Å². The van der Waals surface area contributed by atoms with E-state index in [0.29, 0.717) is 19.8 Å². The van der Waals surface area contributed by atoms with Crippen LogP contribution in [0.15, 0.2) is 0 Å². The molecule has 3 nitrogen and oxygen atoms in total. The Morgan fingerprint density at radius 3 is 1.65 bits per heavy atom. The molecule has 0 fully saturated rings. The van der Waals surface area contributed by atoms with Crippen molar-refractivity contribution in [3.8, 4) is 0 Å². The molecular formula is C13H29O3Si. The van der Waals surface area contributed by atoms with Crippen LogP contribution in [0.2, 0.25) is 6.04 Å². The smallest absolute Gasteiger partial charge is 0.374 e. The summed E-state index contributed by atoms with van der Waals surface area (Å²) >= 11 is 0. The topological polar surface area (TPSA) is 27.7 Å². The Labute approximate surface area is 108 Å². The molecule has 0 aliphatic carbocycles. The second-order valence-electron chi connectivity index (χ2n) is 4.40. The van der Waals surface area contributed by atoms with E-state index in [9.17, 15) is 0 Å². The first-order chi connectivity index (χ1) is 8.10. The van der Waals surface area contributed by atoms with Gasteiger partial charge in [-0.3, -0.25) is 0 Å². The van der Waals surface area contributed by atoms with Gasteiger partial charge in [0.15, 0.2) is 0 Å². The van der Waals surface area contributed by atoms with Gasteiger partial charge in [-0.1, -0.05) is 20.3 Å². The monoisotopic (exact) mass is 261 g/mol. The Kier molecular flexibility index (Phi) is 10.1. The van der Waals surface area contributed by atoms with E-state index >= 15 is 0 Å². The molecule has 0 aromatic carbocycles. The molecule has 0 saturated heterocycles. The van der Waals surface area contributed by atoms with E-state index in [2.05, 4.69) is 13.8 Å². The largest absolute Gasteiger partial charge is 0.500 e. The lowest BCUT2D eigenvalue weighted by Gasteiger charge is -2.28. The summed E-state index contributed by atoms with van der Waals surface area (Å²) in [6, 6.07) is 0.940. The van der Waals surface area contributed by atoms with Crippen molar-refractivity contribution >= 4 is 8.80 Å². The van der Waals surface area contributed by atoms with Crippen LogP contribution in [0.3, 0.4) is 0 Å². The second kappa shape index (κ2) is 10.1. The summed E-state index contributed by atoms with van der Waals surface area (Å²) in [5, 5.41) is 0. The fourth-order valence-corrected chi connectivity index (χ4v) is 4.51. The molecule has 1 radical (unpaired) electrons. The molecule has 103 valence electrons. The number of hydrogen-bond acceptors (Lipinski definition) is 3. The van der Waals surface area contributed by atoms with Gasteiger partial charge in [0.1, 0.15) is 0 Å². The van der Waals surface area contributed by atoms with E-state index in [1.807, 2.05) is 20.8 Å². The summed E-state index contributed by atoms with van der Waals surface area (Å²) in [5.41, 5.74) is 0. The molecule has 4 heteroatoms. The average molecular weight is 261 g/mol. The highest BCUT2D eigenvalue weighted by Gasteiger charge is 2.39. The molecule has 0 aliphatic heterocycles. The third-order valence-corrected chi connectivity index (χ3v) is 5.65. The Hall–Kier alpha value is 0.0969. The van der Waals surface area contributed by atoms with Crippen LogP contribution in [-0.4, -0.2) is 28.6 Å². The van der Waals surface area contributed by atoms with E-state index < -0.39 is 8.80 Å². The number of rotatable bonds is 11. The molecule has 0 amide bonds. The van der Waals surface area contributed by atoms with Crippen molar-refractivity contribution in [2.45, 2.75) is 59.9 Å². The minimum absolute atomic E-state index is 0.672. The molecule has 17 heavy (non-hydrogen) atoms. The van der Waals surface area contributed by atoms with Crippen LogP contribution >= 0.6 is 0 Å². The Morgan fingerprint density at radius 2 is 1.29 bits per heavy atom. The van der Waals surface area contributed by atoms with Crippen molar-refractivity contribution in [2.75, 3.05) is 19.8 Å². The summed E-state index contributed by atoms with van der Waals surface area (Å²) < 4.78 is 17.4. The molecule has 0 rings (SSSR count). The third-order valence-electron chi connectivity index (χ3n) is 2.50. The number of hydrogen-bond donors (Lipinski definition) is 0. The van der Waals surface area contributed by atoms with E-state index in [0.717, 1.165) is 12.5 Å². The molecule has 0 saturated carbocycles. The van der Waals surface area contributed by atoms with Gasteiger partial charge in [-0.15, -0.1) is 0 Å². The first-order valence-electron chi connectivity index (χ1n) is 6.81. The molecule has 0 bridgehead atoms. The molecule has 0 aromatic heterocycles. The van der Waals surface area contributed by atoms with Crippen molar-refractivity contribution in [1.29, 1.82) is 0 Å². The summed E-state index contributed by atoms with van der Waals surface area (Å²) in [6.45, 7) is 12.4. The SMILES string of the molecule is CCO[Si](CCCC[C](C)C)(OCC)OCC. The highest BCUT2D eigenvalue weighted by molar-refractivity contribution is 6.60. The summed E-state index contributed by atoms with van der Waals surface area (Å²) in [7, 11) is -2.38. The number of unbranched alkanes of at least 4 members (excludes halogenated alkanes) is 1. The van der Waals surface area contributed by atoms with E-state index in [1.165, 1.54) is 18.8 Å². The Balaban J connectivity index is 4.14. The molecule has 0 heterocycles. The van der Waals surface area contributed by atoms with Crippen LogP contribution in [0.4, 0.5) is 0 Å². The molecule has 0 atom stereocenters. The third kappa shape index (κ3) is 7.92. The first-order valence-corrected chi connectivity index (χ1v) is 8.74. The van der Waals surface area contributed by atoms with Crippen LogP contribution in [0, 0.1) is 5.92 Å². The normalized spacial score (nSPS) is 12.4. The highest BCUT2D eigenvalue weighted by atomic mass is 28.4. The van der Waals surface area contributed by atoms with Crippen molar-refractivity contribution in [3.05, 3.63) is 5.92 Å². The van der Waals surface area contributed by atoms with Gasteiger partial charge in [0.2, 0.25) is 0 Å². The predicted octanol–water partition coefficient (Wildman–Crippen LogP) is 3.82. The molecular weight excluding hydrogens is 232 g/mol. The quantitative estimate of drug-likeness (QED) is 0.418. The van der Waals surface area contributed by atoms with Gasteiger partial charge >= 0.3 is 8.80 Å². The van der Waals surface area contributed by atoms with Crippen molar-refractivity contribution in [1.82, 2.24) is 0 Å². The van der Waals surface area contributed by atoms with Gasteiger partial charge < -0.3 is 13.3 Å². The van der Waals surface area contributed by atoms with Crippen molar-refractivity contribution in [2.24, 2.45) is 0 Å². The van der Waals surface area contributed by atoms with Crippen LogP contribution in [0.25, 0.3) is 0 Å². The van der Waals surface area contributed by atoms with Gasteiger partial charge in [-0.2, -0.15) is 0 Å². The molecule has 0 aliphatic rings. The van der Waals surface area contributed by atoms with E-state index in [1.54, 1.807) is 0 Å². The zero-order valence-electron chi connectivity index (χ0n) is 12.2. The van der Waals surface area contributed by atoms with Crippen molar-refractivity contribution < 1.29 is 13.3 Å². The minimum Gasteiger partial charge on any atom is -0.374 e. The first kappa shape index (κ1) is 17.1. The van der Waals surface area contributed by atoms with Crippen LogP contribution < -0.4 is 0 Å². The highest BCUT2D eigenvalue weighted by Crippen LogP contribution is 2.21. The molecule has 0 unspecified atom stereocenters. The standard InChI is InChI=1S/C13H29O3Si/c1-6-14-17(15-7-2,16-8-3)12-10-9-11-13(4)5/h6-12H2,1-5H3.